The highest BCUT2D eigenvalue weighted by molar-refractivity contribution is 7.46. The molecule has 0 heterocycles. The number of aliphatic hydroxyl groups is 1. The van der Waals surface area contributed by atoms with Gasteiger partial charge in [0.1, 0.15) is 0 Å². The molecular weight excluding hydrogens is 426 g/mol. The SMILES string of the molecule is CCCCCCCCCCCCCCCCCCCCO.N.N.O=[PH](O)O[PH](=O)O. The van der Waals surface area contributed by atoms with E-state index in [-0.39, 0.29) is 12.3 Å². The maximum atomic E-state index is 9.44. The van der Waals surface area contributed by atoms with Crippen LogP contribution in [0.15, 0.2) is 0 Å². The molecule has 188 valence electrons. The fraction of sp³-hybridized carbons (Fsp3) is 1.00. The van der Waals surface area contributed by atoms with Crippen molar-refractivity contribution in [3.8, 4) is 0 Å². The lowest BCUT2D eigenvalue weighted by Gasteiger charge is -2.03. The van der Waals surface area contributed by atoms with Crippen LogP contribution in [-0.4, -0.2) is 21.5 Å². The summed E-state index contributed by atoms with van der Waals surface area (Å²) < 4.78 is 22.3. The largest absolute Gasteiger partial charge is 0.396 e. The smallest absolute Gasteiger partial charge is 0.323 e. The van der Waals surface area contributed by atoms with Gasteiger partial charge in [0.2, 0.25) is 0 Å². The molecule has 0 spiro atoms. The Labute approximate surface area is 186 Å². The molecule has 0 bridgehead atoms. The lowest BCUT2D eigenvalue weighted by Crippen LogP contribution is -1.85. The summed E-state index contributed by atoms with van der Waals surface area (Å²) in [5.74, 6) is 0. The number of unbranched alkanes of at least 4 members (excludes halogenated alkanes) is 17. The minimum absolute atomic E-state index is 0. The molecule has 2 atom stereocenters. The van der Waals surface area contributed by atoms with E-state index in [1.165, 1.54) is 109 Å². The summed E-state index contributed by atoms with van der Waals surface area (Å²) in [6, 6.07) is 0. The summed E-state index contributed by atoms with van der Waals surface area (Å²) >= 11 is 0. The minimum Gasteiger partial charge on any atom is -0.396 e. The van der Waals surface area contributed by atoms with Crippen LogP contribution in [0.1, 0.15) is 122 Å². The molecule has 9 N–H and O–H groups in total. The Morgan fingerprint density at radius 1 is 0.533 bits per heavy atom. The van der Waals surface area contributed by atoms with Crippen LogP contribution < -0.4 is 12.3 Å². The van der Waals surface area contributed by atoms with Crippen molar-refractivity contribution in [2.24, 2.45) is 0 Å². The van der Waals surface area contributed by atoms with E-state index in [2.05, 4.69) is 11.2 Å². The van der Waals surface area contributed by atoms with E-state index < -0.39 is 16.5 Å². The minimum atomic E-state index is -3.20. The van der Waals surface area contributed by atoms with Crippen LogP contribution >= 0.6 is 16.5 Å². The van der Waals surface area contributed by atoms with Gasteiger partial charge in [-0.15, -0.1) is 0 Å². The van der Waals surface area contributed by atoms with Crippen molar-refractivity contribution in [2.45, 2.75) is 122 Å². The molecule has 0 aromatic carbocycles. The molecule has 0 saturated carbocycles. The van der Waals surface area contributed by atoms with Crippen molar-refractivity contribution in [3.63, 3.8) is 0 Å². The van der Waals surface area contributed by atoms with Gasteiger partial charge < -0.3 is 27.2 Å². The van der Waals surface area contributed by atoms with Gasteiger partial charge in [-0.05, 0) is 6.42 Å². The van der Waals surface area contributed by atoms with E-state index in [1.54, 1.807) is 0 Å². The van der Waals surface area contributed by atoms with Gasteiger partial charge in [-0.1, -0.05) is 116 Å². The van der Waals surface area contributed by atoms with Gasteiger partial charge in [-0.2, -0.15) is 0 Å². The molecule has 0 fully saturated rings. The molecule has 0 aliphatic carbocycles. The second-order valence-electron chi connectivity index (χ2n) is 7.37. The van der Waals surface area contributed by atoms with E-state index in [1.807, 2.05) is 0 Å². The second kappa shape index (κ2) is 33.8. The van der Waals surface area contributed by atoms with Gasteiger partial charge in [0, 0.05) is 6.61 Å². The summed E-state index contributed by atoms with van der Waals surface area (Å²) in [5.41, 5.74) is 0. The third kappa shape index (κ3) is 42.3. The van der Waals surface area contributed by atoms with E-state index in [4.69, 9.17) is 14.9 Å². The zero-order valence-corrected chi connectivity index (χ0v) is 21.4. The third-order valence-electron chi connectivity index (χ3n) is 4.69. The molecule has 0 aliphatic rings. The first kappa shape index (κ1) is 37.5. The lowest BCUT2D eigenvalue weighted by molar-refractivity contribution is 0.282. The Morgan fingerprint density at radius 2 is 0.767 bits per heavy atom. The van der Waals surface area contributed by atoms with Crippen molar-refractivity contribution in [2.75, 3.05) is 6.61 Å². The third-order valence-corrected chi connectivity index (χ3v) is 6.08. The molecule has 0 aliphatic heterocycles. The van der Waals surface area contributed by atoms with Gasteiger partial charge in [-0.3, -0.25) is 9.13 Å². The maximum absolute atomic E-state index is 9.44. The zero-order valence-electron chi connectivity index (χ0n) is 19.4. The lowest BCUT2D eigenvalue weighted by atomic mass is 10.0. The van der Waals surface area contributed by atoms with Gasteiger partial charge in [0.15, 0.2) is 0 Å². The van der Waals surface area contributed by atoms with Crippen LogP contribution in [0.5, 0.6) is 0 Å². The maximum Gasteiger partial charge on any atom is 0.323 e. The Hall–Kier alpha value is 0.220. The summed E-state index contributed by atoms with van der Waals surface area (Å²) in [6.45, 7) is 2.66. The van der Waals surface area contributed by atoms with Crippen LogP contribution in [0.3, 0.4) is 0 Å². The van der Waals surface area contributed by atoms with Gasteiger partial charge >= 0.3 is 16.5 Å². The topological polar surface area (TPSA) is 174 Å². The predicted molar refractivity (Wildman–Crippen MR) is 129 cm³/mol. The average molecular weight is 479 g/mol. The molecule has 8 nitrogen and oxygen atoms in total. The highest BCUT2D eigenvalue weighted by atomic mass is 31.2. The first-order valence-electron chi connectivity index (χ1n) is 11.3. The van der Waals surface area contributed by atoms with Crippen LogP contribution in [0.2, 0.25) is 0 Å². The van der Waals surface area contributed by atoms with Crippen LogP contribution in [0, 0.1) is 0 Å². The average Bonchev–Trinajstić information content (AvgIpc) is 2.63. The summed E-state index contributed by atoms with van der Waals surface area (Å²) in [4.78, 5) is 15.4. The molecule has 0 saturated heterocycles. The zero-order chi connectivity index (χ0) is 21.3. The summed E-state index contributed by atoms with van der Waals surface area (Å²) in [6.07, 6.45) is 25.1. The highest BCUT2D eigenvalue weighted by Gasteiger charge is 1.95. The van der Waals surface area contributed by atoms with Gasteiger partial charge in [0.25, 0.3) is 0 Å². The monoisotopic (exact) mass is 478 g/mol. The van der Waals surface area contributed by atoms with Gasteiger partial charge in [0.05, 0.1) is 0 Å². The number of hydrogen-bond donors (Lipinski definition) is 5. The first-order chi connectivity index (χ1) is 13.5. The Bertz CT molecular complexity index is 323. The molecular formula is C20H52N2O6P2. The Morgan fingerprint density at radius 3 is 0.933 bits per heavy atom. The molecule has 0 rings (SSSR count). The molecule has 30 heavy (non-hydrogen) atoms. The Kier molecular flexibility index (Phi) is 42.3. The summed E-state index contributed by atoms with van der Waals surface area (Å²) in [7, 11) is -6.40. The normalized spacial score (nSPS) is 12.1. The van der Waals surface area contributed by atoms with E-state index in [0.717, 1.165) is 6.42 Å². The number of hydrogen-bond acceptors (Lipinski definition) is 6. The number of rotatable bonds is 20. The van der Waals surface area contributed by atoms with Crippen molar-refractivity contribution in [1.82, 2.24) is 12.3 Å². The summed E-state index contributed by atoms with van der Waals surface area (Å²) in [5, 5.41) is 8.69. The predicted octanol–water partition coefficient (Wildman–Crippen LogP) is 7.11. The highest BCUT2D eigenvalue weighted by Crippen LogP contribution is 2.30. The molecule has 0 aromatic rings. The first-order valence-corrected chi connectivity index (χ1v) is 13.8. The fourth-order valence-electron chi connectivity index (χ4n) is 3.09. The van der Waals surface area contributed by atoms with Crippen LogP contribution in [-0.2, 0) is 13.4 Å². The van der Waals surface area contributed by atoms with E-state index >= 15 is 0 Å². The fourth-order valence-corrected chi connectivity index (χ4v) is 3.69. The molecule has 10 heteroatoms. The van der Waals surface area contributed by atoms with E-state index in [0.29, 0.717) is 6.61 Å². The molecule has 0 amide bonds. The van der Waals surface area contributed by atoms with Gasteiger partial charge in [-0.25, -0.2) is 4.31 Å². The standard InChI is InChI=1S/C20H42O.2H3N.H4O5P2/c1-2-3-4-5-6-7-8-9-10-11-12-13-14-15-16-17-18-19-20-21;;;1-6(2)5-7(3)4/h21H,2-20H2,1H3;2*1H3;6-7H,(H,1,2)(H,3,4). The van der Waals surface area contributed by atoms with Crippen LogP contribution in [0.25, 0.3) is 0 Å². The molecule has 2 unspecified atom stereocenters. The quantitative estimate of drug-likeness (QED) is 0.0908. The number of aliphatic hydroxyl groups excluding tert-OH is 1. The van der Waals surface area contributed by atoms with Crippen LogP contribution in [0.4, 0.5) is 0 Å². The Balaban J connectivity index is -0.000000323. The van der Waals surface area contributed by atoms with Crippen molar-refractivity contribution >= 4 is 16.5 Å². The molecule has 0 aromatic heterocycles. The van der Waals surface area contributed by atoms with Crippen molar-refractivity contribution < 1.29 is 28.3 Å². The molecule has 0 radical (unpaired) electrons. The second-order valence-corrected chi connectivity index (χ2v) is 9.25. The van der Waals surface area contributed by atoms with Crippen molar-refractivity contribution in [1.29, 1.82) is 0 Å². The van der Waals surface area contributed by atoms with E-state index in [9.17, 15) is 9.13 Å². The van der Waals surface area contributed by atoms with Crippen molar-refractivity contribution in [3.05, 3.63) is 0 Å².